The van der Waals surface area contributed by atoms with Crippen LogP contribution in [0.15, 0.2) is 37.1 Å². The second-order valence-corrected chi connectivity index (χ2v) is 4.46. The molecule has 2 aromatic rings. The van der Waals surface area contributed by atoms with Gasteiger partial charge in [0.15, 0.2) is 5.75 Å². The summed E-state index contributed by atoms with van der Waals surface area (Å²) in [6, 6.07) is 6.24. The maximum atomic E-state index is 5.56. The van der Waals surface area contributed by atoms with Gasteiger partial charge < -0.3 is 9.30 Å². The number of nitrogens with zero attached hydrogens (tertiary/aromatic N) is 1. The average molecular weight is 245 g/mol. The third-order valence-corrected chi connectivity index (χ3v) is 3.09. The standard InChI is InChI=1S/C14H15NOS/c1-4-7-16-13-9-15(3)12-8-10(2)5-6-11(12)14(13)17/h4-6,8-9H,1,7H2,2-3H3. The van der Waals surface area contributed by atoms with Crippen molar-refractivity contribution < 1.29 is 4.74 Å². The highest BCUT2D eigenvalue weighted by atomic mass is 32.1. The normalized spacial score (nSPS) is 10.5. The highest BCUT2D eigenvalue weighted by Crippen LogP contribution is 2.24. The van der Waals surface area contributed by atoms with Crippen molar-refractivity contribution in [2.45, 2.75) is 6.92 Å². The van der Waals surface area contributed by atoms with Crippen molar-refractivity contribution in [3.05, 3.63) is 47.1 Å². The second kappa shape index (κ2) is 4.72. The first-order chi connectivity index (χ1) is 8.13. The molecule has 0 radical (unpaired) electrons. The number of pyridine rings is 1. The fourth-order valence-corrected chi connectivity index (χ4v) is 2.10. The lowest BCUT2D eigenvalue weighted by atomic mass is 10.1. The molecule has 0 saturated carbocycles. The van der Waals surface area contributed by atoms with Crippen molar-refractivity contribution in [2.24, 2.45) is 7.05 Å². The number of benzene rings is 1. The smallest absolute Gasteiger partial charge is 0.154 e. The predicted octanol–water partition coefficient (Wildman–Crippen LogP) is 3.78. The van der Waals surface area contributed by atoms with Crippen LogP contribution in [0, 0.1) is 11.4 Å². The average Bonchev–Trinajstić information content (AvgIpc) is 2.32. The van der Waals surface area contributed by atoms with E-state index in [-0.39, 0.29) is 0 Å². The Bertz CT molecular complexity index is 628. The van der Waals surface area contributed by atoms with E-state index in [1.807, 2.05) is 23.9 Å². The molecule has 0 aliphatic heterocycles. The Kier molecular flexibility index (Phi) is 3.29. The lowest BCUT2D eigenvalue weighted by Crippen LogP contribution is -2.00. The van der Waals surface area contributed by atoms with Gasteiger partial charge in [-0.2, -0.15) is 0 Å². The summed E-state index contributed by atoms with van der Waals surface area (Å²) in [5, 5.41) is 1.05. The molecule has 0 bridgehead atoms. The highest BCUT2D eigenvalue weighted by molar-refractivity contribution is 7.71. The first-order valence-corrected chi connectivity index (χ1v) is 5.88. The summed E-state index contributed by atoms with van der Waals surface area (Å²) in [4.78, 5) is 0. The van der Waals surface area contributed by atoms with Gasteiger partial charge in [-0.05, 0) is 18.6 Å². The number of hydrogen-bond acceptors (Lipinski definition) is 2. The SMILES string of the molecule is C=CCOc1cn(C)c2cc(C)ccc2c1=S. The molecule has 0 saturated heterocycles. The summed E-state index contributed by atoms with van der Waals surface area (Å²) in [7, 11) is 2.00. The molecule has 1 aromatic heterocycles. The topological polar surface area (TPSA) is 14.2 Å². The van der Waals surface area contributed by atoms with Crippen LogP contribution in [0.3, 0.4) is 0 Å². The molecule has 88 valence electrons. The van der Waals surface area contributed by atoms with E-state index in [1.54, 1.807) is 6.08 Å². The molecule has 3 heteroatoms. The molecule has 0 fully saturated rings. The van der Waals surface area contributed by atoms with E-state index >= 15 is 0 Å². The summed E-state index contributed by atoms with van der Waals surface area (Å²) in [6.45, 7) is 6.18. The van der Waals surface area contributed by atoms with Crippen molar-refractivity contribution in [1.82, 2.24) is 4.57 Å². The van der Waals surface area contributed by atoms with Crippen molar-refractivity contribution in [2.75, 3.05) is 6.61 Å². The molecule has 0 N–H and O–H groups in total. The summed E-state index contributed by atoms with van der Waals surface area (Å²) < 4.78 is 8.36. The molecule has 17 heavy (non-hydrogen) atoms. The van der Waals surface area contributed by atoms with Gasteiger partial charge in [-0.1, -0.05) is 37.0 Å². The van der Waals surface area contributed by atoms with Gasteiger partial charge in [-0.3, -0.25) is 0 Å². The van der Waals surface area contributed by atoms with Crippen LogP contribution in [0.5, 0.6) is 5.75 Å². The largest absolute Gasteiger partial charge is 0.486 e. The van der Waals surface area contributed by atoms with Crippen molar-refractivity contribution in [1.29, 1.82) is 0 Å². The Morgan fingerprint density at radius 2 is 2.24 bits per heavy atom. The molecule has 0 amide bonds. The Balaban J connectivity index is 2.67. The van der Waals surface area contributed by atoms with Crippen LogP contribution < -0.4 is 4.74 Å². The molecule has 2 nitrogen and oxygen atoms in total. The van der Waals surface area contributed by atoms with E-state index in [9.17, 15) is 0 Å². The van der Waals surface area contributed by atoms with Gasteiger partial charge >= 0.3 is 0 Å². The molecular formula is C14H15NOS. The minimum Gasteiger partial charge on any atom is -0.486 e. The van der Waals surface area contributed by atoms with Crippen LogP contribution in [0.4, 0.5) is 0 Å². The maximum absolute atomic E-state index is 5.56. The minimum atomic E-state index is 0.473. The highest BCUT2D eigenvalue weighted by Gasteiger charge is 2.05. The fraction of sp³-hybridized carbons (Fsp3) is 0.214. The fourth-order valence-electron chi connectivity index (χ4n) is 1.81. The second-order valence-electron chi connectivity index (χ2n) is 4.05. The number of aryl methyl sites for hydroxylation is 2. The molecule has 1 heterocycles. The Morgan fingerprint density at radius 3 is 2.94 bits per heavy atom. The van der Waals surface area contributed by atoms with Crippen LogP contribution in [-0.4, -0.2) is 11.2 Å². The number of fused-ring (bicyclic) bond motifs is 1. The van der Waals surface area contributed by atoms with Crippen LogP contribution in [0.1, 0.15) is 5.56 Å². The van der Waals surface area contributed by atoms with Gasteiger partial charge in [0.25, 0.3) is 0 Å². The summed E-state index contributed by atoms with van der Waals surface area (Å²) >= 11 is 5.44. The zero-order valence-corrected chi connectivity index (χ0v) is 10.9. The molecular weight excluding hydrogens is 230 g/mol. The van der Waals surface area contributed by atoms with Gasteiger partial charge in [0.05, 0.1) is 4.51 Å². The molecule has 0 unspecified atom stereocenters. The van der Waals surface area contributed by atoms with Crippen molar-refractivity contribution in [3.63, 3.8) is 0 Å². The van der Waals surface area contributed by atoms with E-state index in [0.717, 1.165) is 21.2 Å². The predicted molar refractivity (Wildman–Crippen MR) is 74.2 cm³/mol. The molecule has 0 aliphatic rings. The van der Waals surface area contributed by atoms with Gasteiger partial charge in [0.2, 0.25) is 0 Å². The monoisotopic (exact) mass is 245 g/mol. The van der Waals surface area contributed by atoms with Crippen LogP contribution in [0.2, 0.25) is 0 Å². The summed E-state index contributed by atoms with van der Waals surface area (Å²) in [6.07, 6.45) is 3.64. The summed E-state index contributed by atoms with van der Waals surface area (Å²) in [5.41, 5.74) is 2.35. The Morgan fingerprint density at radius 1 is 1.47 bits per heavy atom. The van der Waals surface area contributed by atoms with Gasteiger partial charge in [0.1, 0.15) is 6.61 Å². The minimum absolute atomic E-state index is 0.473. The van der Waals surface area contributed by atoms with Crippen molar-refractivity contribution in [3.8, 4) is 5.75 Å². The van der Waals surface area contributed by atoms with E-state index in [1.165, 1.54) is 5.56 Å². The third-order valence-electron chi connectivity index (χ3n) is 2.67. The van der Waals surface area contributed by atoms with Gasteiger partial charge in [-0.25, -0.2) is 0 Å². The molecule has 0 spiro atoms. The molecule has 0 atom stereocenters. The van der Waals surface area contributed by atoms with E-state index in [4.69, 9.17) is 17.0 Å². The lowest BCUT2D eigenvalue weighted by molar-refractivity contribution is 0.359. The van der Waals surface area contributed by atoms with Gasteiger partial charge in [-0.15, -0.1) is 0 Å². The van der Waals surface area contributed by atoms with E-state index in [0.29, 0.717) is 6.61 Å². The number of ether oxygens (including phenoxy) is 1. The molecule has 0 aliphatic carbocycles. The van der Waals surface area contributed by atoms with Gasteiger partial charge in [0, 0.05) is 24.1 Å². The van der Waals surface area contributed by atoms with E-state index in [2.05, 4.69) is 25.6 Å². The first kappa shape index (κ1) is 11.9. The Hall–Kier alpha value is -1.61. The summed E-state index contributed by atoms with van der Waals surface area (Å²) in [5.74, 6) is 0.735. The van der Waals surface area contributed by atoms with E-state index < -0.39 is 0 Å². The first-order valence-electron chi connectivity index (χ1n) is 5.47. The van der Waals surface area contributed by atoms with Crippen LogP contribution in [0.25, 0.3) is 10.9 Å². The Labute approximate surface area is 106 Å². The lowest BCUT2D eigenvalue weighted by Gasteiger charge is -2.11. The third kappa shape index (κ3) is 2.24. The molecule has 2 rings (SSSR count). The maximum Gasteiger partial charge on any atom is 0.154 e. The van der Waals surface area contributed by atoms with Crippen molar-refractivity contribution >= 4 is 23.1 Å². The number of aromatic nitrogens is 1. The number of hydrogen-bond donors (Lipinski definition) is 0. The zero-order valence-electron chi connectivity index (χ0n) is 10.1. The number of rotatable bonds is 3. The quantitative estimate of drug-likeness (QED) is 0.603. The molecule has 1 aromatic carbocycles. The van der Waals surface area contributed by atoms with Crippen LogP contribution >= 0.6 is 12.2 Å². The zero-order chi connectivity index (χ0) is 12.4. The van der Waals surface area contributed by atoms with Crippen LogP contribution in [-0.2, 0) is 7.05 Å².